The van der Waals surface area contributed by atoms with E-state index in [1.807, 2.05) is 0 Å². The van der Waals surface area contributed by atoms with Crippen LogP contribution in [0, 0.1) is 5.92 Å². The molecule has 0 spiro atoms. The van der Waals surface area contributed by atoms with Gasteiger partial charge in [-0.3, -0.25) is 4.90 Å². The fourth-order valence-corrected chi connectivity index (χ4v) is 2.97. The molecule has 94 valence electrons. The highest BCUT2D eigenvalue weighted by atomic mass is 32.1. The first kappa shape index (κ1) is 11.4. The second-order valence-corrected chi connectivity index (χ2v) is 6.09. The Bertz CT molecular complexity index is 366. The monoisotopic (exact) mass is 252 g/mol. The molecule has 1 aromatic rings. The van der Waals surface area contributed by atoms with Crippen LogP contribution in [-0.4, -0.2) is 47.5 Å². The molecule has 1 saturated carbocycles. The second kappa shape index (κ2) is 4.92. The lowest BCUT2D eigenvalue weighted by Crippen LogP contribution is -2.46. The molecule has 0 radical (unpaired) electrons. The van der Waals surface area contributed by atoms with Crippen LogP contribution in [0.25, 0.3) is 0 Å². The number of anilines is 1. The lowest BCUT2D eigenvalue weighted by Gasteiger charge is -2.34. The van der Waals surface area contributed by atoms with Gasteiger partial charge in [0.25, 0.3) is 0 Å². The molecular weight excluding hydrogens is 232 g/mol. The van der Waals surface area contributed by atoms with Crippen molar-refractivity contribution in [2.75, 3.05) is 38.5 Å². The maximum atomic E-state index is 5.65. The predicted octanol–water partition coefficient (Wildman–Crippen LogP) is 1.25. The van der Waals surface area contributed by atoms with Crippen LogP contribution in [0.3, 0.4) is 0 Å². The van der Waals surface area contributed by atoms with E-state index in [9.17, 15) is 0 Å². The lowest BCUT2D eigenvalue weighted by molar-refractivity contribution is 0.122. The van der Waals surface area contributed by atoms with Crippen LogP contribution in [0.2, 0.25) is 0 Å². The van der Waals surface area contributed by atoms with E-state index >= 15 is 0 Å². The van der Waals surface area contributed by atoms with Crippen LogP contribution in [0.4, 0.5) is 5.13 Å². The molecule has 0 unspecified atom stereocenters. The summed E-state index contributed by atoms with van der Waals surface area (Å²) < 4.78 is 0. The summed E-state index contributed by atoms with van der Waals surface area (Å²) >= 11 is 1.54. The van der Waals surface area contributed by atoms with E-state index in [0.717, 1.165) is 18.2 Å². The van der Waals surface area contributed by atoms with Crippen molar-refractivity contribution in [1.82, 2.24) is 14.8 Å². The minimum absolute atomic E-state index is 0.687. The van der Waals surface area contributed by atoms with Crippen LogP contribution >= 0.6 is 11.3 Å². The molecule has 0 bridgehead atoms. The fourth-order valence-electron chi connectivity index (χ4n) is 2.42. The summed E-state index contributed by atoms with van der Waals surface area (Å²) in [5.41, 5.74) is 6.78. The molecule has 0 atom stereocenters. The zero-order valence-electron chi connectivity index (χ0n) is 10.1. The molecule has 4 nitrogen and oxygen atoms in total. The van der Waals surface area contributed by atoms with E-state index in [0.29, 0.717) is 5.13 Å². The molecule has 2 N–H and O–H groups in total. The highest BCUT2D eigenvalue weighted by molar-refractivity contribution is 7.13. The quantitative estimate of drug-likeness (QED) is 0.876. The van der Waals surface area contributed by atoms with Crippen LogP contribution in [0.1, 0.15) is 18.5 Å². The Labute approximate surface area is 106 Å². The SMILES string of the molecule is Nc1nc(CN2CCN(CC3CC3)CC2)cs1. The Morgan fingerprint density at radius 1 is 1.24 bits per heavy atom. The first-order chi connectivity index (χ1) is 8.29. The van der Waals surface area contributed by atoms with Crippen LogP contribution in [-0.2, 0) is 6.54 Å². The van der Waals surface area contributed by atoms with Crippen molar-refractivity contribution in [3.63, 3.8) is 0 Å². The number of thiazole rings is 1. The molecule has 1 aliphatic carbocycles. The average molecular weight is 252 g/mol. The van der Waals surface area contributed by atoms with Gasteiger partial charge in [0.05, 0.1) is 5.69 Å². The number of piperazine rings is 1. The van der Waals surface area contributed by atoms with Gasteiger partial charge in [0.15, 0.2) is 5.13 Å². The number of rotatable bonds is 4. The Morgan fingerprint density at radius 2 is 1.94 bits per heavy atom. The maximum absolute atomic E-state index is 5.65. The van der Waals surface area contributed by atoms with E-state index in [-0.39, 0.29) is 0 Å². The summed E-state index contributed by atoms with van der Waals surface area (Å²) in [6.07, 6.45) is 2.91. The third-order valence-corrected chi connectivity index (χ3v) is 4.36. The van der Waals surface area contributed by atoms with Gasteiger partial charge in [0.2, 0.25) is 0 Å². The molecule has 1 aromatic heterocycles. The molecule has 3 rings (SSSR count). The van der Waals surface area contributed by atoms with Gasteiger partial charge in [-0.15, -0.1) is 11.3 Å². The standard InChI is InChI=1S/C12H20N4S/c13-12-14-11(9-17-12)8-16-5-3-15(4-6-16)7-10-1-2-10/h9-10H,1-8H2,(H2,13,14). The summed E-state index contributed by atoms with van der Waals surface area (Å²) in [6, 6.07) is 0. The molecule has 1 saturated heterocycles. The normalized spacial score (nSPS) is 23.1. The Kier molecular flexibility index (Phi) is 3.31. The van der Waals surface area contributed by atoms with Crippen molar-refractivity contribution in [1.29, 1.82) is 0 Å². The summed E-state index contributed by atoms with van der Waals surface area (Å²) in [7, 11) is 0. The maximum Gasteiger partial charge on any atom is 0.180 e. The van der Waals surface area contributed by atoms with Crippen LogP contribution in [0.15, 0.2) is 5.38 Å². The number of aromatic nitrogens is 1. The van der Waals surface area contributed by atoms with Gasteiger partial charge >= 0.3 is 0 Å². The number of nitrogens with zero attached hydrogens (tertiary/aromatic N) is 3. The third kappa shape index (κ3) is 3.18. The van der Waals surface area contributed by atoms with Gasteiger partial charge in [0.1, 0.15) is 0 Å². The summed E-state index contributed by atoms with van der Waals surface area (Å²) in [4.78, 5) is 9.42. The summed E-state index contributed by atoms with van der Waals surface area (Å²) in [5, 5.41) is 2.76. The first-order valence-corrected chi connectivity index (χ1v) is 7.32. The molecular formula is C12H20N4S. The number of nitrogens with two attached hydrogens (primary N) is 1. The molecule has 2 aliphatic rings. The van der Waals surface area contributed by atoms with Crippen molar-refractivity contribution in [3.05, 3.63) is 11.1 Å². The molecule has 5 heteroatoms. The van der Waals surface area contributed by atoms with Gasteiger partial charge in [-0.2, -0.15) is 0 Å². The van der Waals surface area contributed by atoms with E-state index in [4.69, 9.17) is 5.73 Å². The molecule has 0 amide bonds. The summed E-state index contributed by atoms with van der Waals surface area (Å²) in [5.74, 6) is 1.01. The minimum atomic E-state index is 0.687. The average Bonchev–Trinajstić information content (AvgIpc) is 3.04. The highest BCUT2D eigenvalue weighted by Gasteiger charge is 2.26. The smallest absolute Gasteiger partial charge is 0.180 e. The lowest BCUT2D eigenvalue weighted by atomic mass is 10.2. The van der Waals surface area contributed by atoms with Crippen LogP contribution in [0.5, 0.6) is 0 Å². The van der Waals surface area contributed by atoms with E-state index < -0.39 is 0 Å². The van der Waals surface area contributed by atoms with Gasteiger partial charge in [-0.1, -0.05) is 0 Å². The number of hydrogen-bond acceptors (Lipinski definition) is 5. The van der Waals surface area contributed by atoms with Crippen molar-refractivity contribution >= 4 is 16.5 Å². The Balaban J connectivity index is 1.44. The van der Waals surface area contributed by atoms with Crippen molar-refractivity contribution in [3.8, 4) is 0 Å². The molecule has 17 heavy (non-hydrogen) atoms. The predicted molar refractivity (Wildman–Crippen MR) is 71.0 cm³/mol. The van der Waals surface area contributed by atoms with Crippen molar-refractivity contribution in [2.24, 2.45) is 5.92 Å². The van der Waals surface area contributed by atoms with E-state index in [2.05, 4.69) is 20.2 Å². The Hall–Kier alpha value is -0.650. The zero-order valence-corrected chi connectivity index (χ0v) is 11.0. The first-order valence-electron chi connectivity index (χ1n) is 6.44. The Morgan fingerprint density at radius 3 is 2.53 bits per heavy atom. The largest absolute Gasteiger partial charge is 0.375 e. The van der Waals surface area contributed by atoms with Gasteiger partial charge < -0.3 is 10.6 Å². The molecule has 2 fully saturated rings. The second-order valence-electron chi connectivity index (χ2n) is 5.20. The fraction of sp³-hybridized carbons (Fsp3) is 0.750. The van der Waals surface area contributed by atoms with E-state index in [1.165, 1.54) is 56.9 Å². The minimum Gasteiger partial charge on any atom is -0.375 e. The molecule has 1 aliphatic heterocycles. The topological polar surface area (TPSA) is 45.4 Å². The van der Waals surface area contributed by atoms with Crippen molar-refractivity contribution in [2.45, 2.75) is 19.4 Å². The van der Waals surface area contributed by atoms with Gasteiger partial charge in [-0.25, -0.2) is 4.98 Å². The molecule has 2 heterocycles. The van der Waals surface area contributed by atoms with Gasteiger partial charge in [0, 0.05) is 44.6 Å². The van der Waals surface area contributed by atoms with Gasteiger partial charge in [-0.05, 0) is 18.8 Å². The third-order valence-electron chi connectivity index (χ3n) is 3.63. The number of hydrogen-bond donors (Lipinski definition) is 1. The van der Waals surface area contributed by atoms with Crippen LogP contribution < -0.4 is 5.73 Å². The molecule has 0 aromatic carbocycles. The van der Waals surface area contributed by atoms with E-state index in [1.54, 1.807) is 0 Å². The highest BCUT2D eigenvalue weighted by Crippen LogP contribution is 2.30. The number of nitrogen functional groups attached to an aromatic ring is 1. The van der Waals surface area contributed by atoms with Crippen molar-refractivity contribution < 1.29 is 0 Å². The summed E-state index contributed by atoms with van der Waals surface area (Å²) in [6.45, 7) is 7.07. The zero-order chi connectivity index (χ0) is 11.7.